The largest absolute Gasteiger partial charge is 0.345 e. The third-order valence-electron chi connectivity index (χ3n) is 4.90. The third kappa shape index (κ3) is 4.04. The van der Waals surface area contributed by atoms with Crippen LogP contribution in [0.25, 0.3) is 11.3 Å². The minimum atomic E-state index is -0.378. The van der Waals surface area contributed by atoms with Crippen molar-refractivity contribution in [1.29, 1.82) is 0 Å². The van der Waals surface area contributed by atoms with Gasteiger partial charge in [-0.2, -0.15) is 0 Å². The average molecular weight is 425 g/mol. The third-order valence-corrected chi connectivity index (χ3v) is 4.90. The van der Waals surface area contributed by atoms with Crippen molar-refractivity contribution in [2.75, 3.05) is 0 Å². The molecular formula is C23H19N7O2. The second-order valence-electron chi connectivity index (χ2n) is 7.17. The first-order valence-corrected chi connectivity index (χ1v) is 10.0. The van der Waals surface area contributed by atoms with Gasteiger partial charge in [-0.25, -0.2) is 15.0 Å². The summed E-state index contributed by atoms with van der Waals surface area (Å²) in [5, 5.41) is 5.59. The number of hydrogen-bond donors (Lipinski definition) is 2. The molecule has 0 saturated heterocycles. The molecule has 158 valence electrons. The molecule has 0 atom stereocenters. The van der Waals surface area contributed by atoms with Crippen LogP contribution in [-0.4, -0.2) is 35.6 Å². The highest BCUT2D eigenvalue weighted by Gasteiger charge is 2.13. The minimum Gasteiger partial charge on any atom is -0.345 e. The zero-order chi connectivity index (χ0) is 21.9. The second-order valence-corrected chi connectivity index (χ2v) is 7.17. The fourth-order valence-electron chi connectivity index (χ4n) is 3.36. The Hall–Kier alpha value is -4.53. The summed E-state index contributed by atoms with van der Waals surface area (Å²) in [6, 6.07) is 16.2. The zero-order valence-corrected chi connectivity index (χ0v) is 17.0. The summed E-state index contributed by atoms with van der Waals surface area (Å²) in [7, 11) is 0. The van der Waals surface area contributed by atoms with Gasteiger partial charge in [-0.05, 0) is 36.4 Å². The van der Waals surface area contributed by atoms with Crippen molar-refractivity contribution in [3.63, 3.8) is 0 Å². The first-order valence-electron chi connectivity index (χ1n) is 10.0. The number of pyridine rings is 3. The SMILES string of the molecule is O=C(NCc1cn2ccccc2n1)c1cccc(C(=O)NCc2cn3ccccc3n2)n1. The van der Waals surface area contributed by atoms with Gasteiger partial charge in [-0.1, -0.05) is 18.2 Å². The quantitative estimate of drug-likeness (QED) is 0.434. The van der Waals surface area contributed by atoms with Gasteiger partial charge in [0.25, 0.3) is 11.8 Å². The molecule has 5 heterocycles. The molecule has 2 N–H and O–H groups in total. The number of aromatic nitrogens is 5. The standard InChI is InChI=1S/C23H19N7O2/c31-22(24-12-16-14-29-10-3-1-8-20(29)26-16)18-6-5-7-19(28-18)23(32)25-13-17-15-30-11-4-2-9-21(30)27-17/h1-11,14-15H,12-13H2,(H,24,31)(H,25,32). The number of fused-ring (bicyclic) bond motifs is 2. The molecule has 0 fully saturated rings. The lowest BCUT2D eigenvalue weighted by molar-refractivity contribution is 0.0941. The molecule has 0 bridgehead atoms. The summed E-state index contributed by atoms with van der Waals surface area (Å²) in [5.41, 5.74) is 3.39. The summed E-state index contributed by atoms with van der Waals surface area (Å²) in [5.74, 6) is -0.755. The fraction of sp³-hybridized carbons (Fsp3) is 0.0870. The van der Waals surface area contributed by atoms with Crippen molar-refractivity contribution in [1.82, 2.24) is 34.4 Å². The van der Waals surface area contributed by atoms with E-state index in [4.69, 9.17) is 0 Å². The molecule has 32 heavy (non-hydrogen) atoms. The van der Waals surface area contributed by atoms with Crippen LogP contribution in [0.1, 0.15) is 32.4 Å². The number of imidazole rings is 2. The maximum Gasteiger partial charge on any atom is 0.270 e. The Morgan fingerprint density at radius 1 is 0.656 bits per heavy atom. The average Bonchev–Trinajstić information content (AvgIpc) is 3.44. The summed E-state index contributed by atoms with van der Waals surface area (Å²) in [6.45, 7) is 0.513. The maximum absolute atomic E-state index is 12.5. The van der Waals surface area contributed by atoms with Crippen LogP contribution in [0.2, 0.25) is 0 Å². The Morgan fingerprint density at radius 2 is 1.16 bits per heavy atom. The van der Waals surface area contributed by atoms with Crippen molar-refractivity contribution in [2.24, 2.45) is 0 Å². The number of nitrogens with one attached hydrogen (secondary N) is 2. The van der Waals surface area contributed by atoms with Crippen molar-refractivity contribution in [2.45, 2.75) is 13.1 Å². The highest BCUT2D eigenvalue weighted by atomic mass is 16.2. The number of nitrogens with zero attached hydrogens (tertiary/aromatic N) is 5. The van der Waals surface area contributed by atoms with E-state index in [9.17, 15) is 9.59 Å². The molecule has 5 rings (SSSR count). The molecule has 0 aliphatic carbocycles. The number of carbonyl (C=O) groups is 2. The molecule has 0 aliphatic heterocycles. The van der Waals surface area contributed by atoms with Crippen LogP contribution in [0.15, 0.2) is 79.4 Å². The molecular weight excluding hydrogens is 406 g/mol. The van der Waals surface area contributed by atoms with Gasteiger partial charge in [-0.15, -0.1) is 0 Å². The minimum absolute atomic E-state index is 0.161. The lowest BCUT2D eigenvalue weighted by atomic mass is 10.2. The summed E-state index contributed by atoms with van der Waals surface area (Å²) >= 11 is 0. The van der Waals surface area contributed by atoms with Gasteiger partial charge in [0.15, 0.2) is 0 Å². The predicted molar refractivity (Wildman–Crippen MR) is 117 cm³/mol. The molecule has 0 aliphatic rings. The molecule has 0 radical (unpaired) electrons. The number of hydrogen-bond acceptors (Lipinski definition) is 5. The molecule has 5 aromatic rings. The summed E-state index contributed by atoms with van der Waals surface area (Å²) in [6.07, 6.45) is 7.49. The van der Waals surface area contributed by atoms with Gasteiger partial charge in [0, 0.05) is 24.8 Å². The molecule has 9 heteroatoms. The molecule has 0 aromatic carbocycles. The van der Waals surface area contributed by atoms with Gasteiger partial charge in [-0.3, -0.25) is 9.59 Å². The van der Waals surface area contributed by atoms with Gasteiger partial charge >= 0.3 is 0 Å². The first-order chi connectivity index (χ1) is 15.7. The lowest BCUT2D eigenvalue weighted by Gasteiger charge is -2.06. The monoisotopic (exact) mass is 425 g/mol. The number of rotatable bonds is 6. The van der Waals surface area contributed by atoms with E-state index in [0.717, 1.165) is 22.7 Å². The van der Waals surface area contributed by atoms with Crippen LogP contribution >= 0.6 is 0 Å². The Labute approximate surface area is 182 Å². The van der Waals surface area contributed by atoms with Crippen LogP contribution < -0.4 is 10.6 Å². The van der Waals surface area contributed by atoms with Gasteiger partial charge in [0.1, 0.15) is 22.7 Å². The van der Waals surface area contributed by atoms with Crippen molar-refractivity contribution in [3.05, 3.63) is 102 Å². The van der Waals surface area contributed by atoms with E-state index in [0.29, 0.717) is 0 Å². The molecule has 0 saturated carbocycles. The van der Waals surface area contributed by atoms with E-state index in [2.05, 4.69) is 25.6 Å². The molecule has 2 amide bonds. The van der Waals surface area contributed by atoms with E-state index in [1.165, 1.54) is 0 Å². The topological polar surface area (TPSA) is 106 Å². The molecule has 5 aromatic heterocycles. The Kier molecular flexibility index (Phi) is 5.04. The number of amides is 2. The highest BCUT2D eigenvalue weighted by Crippen LogP contribution is 2.07. The van der Waals surface area contributed by atoms with Crippen LogP contribution in [-0.2, 0) is 13.1 Å². The molecule has 9 nitrogen and oxygen atoms in total. The van der Waals surface area contributed by atoms with Crippen LogP contribution in [0.4, 0.5) is 0 Å². The number of carbonyl (C=O) groups excluding carboxylic acids is 2. The van der Waals surface area contributed by atoms with Crippen molar-refractivity contribution in [3.8, 4) is 0 Å². The Bertz CT molecular complexity index is 1270. The summed E-state index contributed by atoms with van der Waals surface area (Å²) in [4.78, 5) is 38.2. The summed E-state index contributed by atoms with van der Waals surface area (Å²) < 4.78 is 3.77. The lowest BCUT2D eigenvalue weighted by Crippen LogP contribution is -2.27. The van der Waals surface area contributed by atoms with E-state index in [1.54, 1.807) is 18.2 Å². The van der Waals surface area contributed by atoms with Crippen molar-refractivity contribution < 1.29 is 9.59 Å². The molecule has 0 spiro atoms. The Balaban J connectivity index is 1.21. The second kappa shape index (κ2) is 8.31. The van der Waals surface area contributed by atoms with Crippen LogP contribution in [0.3, 0.4) is 0 Å². The van der Waals surface area contributed by atoms with E-state index in [-0.39, 0.29) is 36.3 Å². The van der Waals surface area contributed by atoms with Crippen molar-refractivity contribution >= 4 is 23.1 Å². The van der Waals surface area contributed by atoms with E-state index in [1.807, 2.05) is 70.0 Å². The van der Waals surface area contributed by atoms with Gasteiger partial charge in [0.05, 0.1) is 24.5 Å². The van der Waals surface area contributed by atoms with Crippen LogP contribution in [0, 0.1) is 0 Å². The maximum atomic E-state index is 12.5. The zero-order valence-electron chi connectivity index (χ0n) is 17.0. The van der Waals surface area contributed by atoms with Gasteiger partial charge < -0.3 is 19.4 Å². The highest BCUT2D eigenvalue weighted by molar-refractivity contribution is 5.96. The van der Waals surface area contributed by atoms with E-state index < -0.39 is 0 Å². The first kappa shape index (κ1) is 19.4. The Morgan fingerprint density at radius 3 is 1.62 bits per heavy atom. The van der Waals surface area contributed by atoms with Crippen LogP contribution in [0.5, 0.6) is 0 Å². The van der Waals surface area contributed by atoms with E-state index >= 15 is 0 Å². The normalized spacial score (nSPS) is 11.0. The predicted octanol–water partition coefficient (Wildman–Crippen LogP) is 2.24. The fourth-order valence-corrected chi connectivity index (χ4v) is 3.36. The smallest absolute Gasteiger partial charge is 0.270 e. The molecule has 0 unspecified atom stereocenters. The van der Waals surface area contributed by atoms with Gasteiger partial charge in [0.2, 0.25) is 0 Å².